The summed E-state index contributed by atoms with van der Waals surface area (Å²) in [6, 6.07) is 17.2. The van der Waals surface area contributed by atoms with Crippen molar-refractivity contribution in [2.45, 2.75) is 32.7 Å². The van der Waals surface area contributed by atoms with Gasteiger partial charge in [-0.25, -0.2) is 0 Å². The zero-order valence-corrected chi connectivity index (χ0v) is 17.6. The molecular formula is C23H22ClN3O3. The van der Waals surface area contributed by atoms with Gasteiger partial charge in [0.1, 0.15) is 18.4 Å². The van der Waals surface area contributed by atoms with Crippen LogP contribution in [0.25, 0.3) is 11.5 Å². The number of anilines is 1. The van der Waals surface area contributed by atoms with Gasteiger partial charge in [-0.15, -0.1) is 0 Å². The number of rotatable bonds is 5. The van der Waals surface area contributed by atoms with Crippen molar-refractivity contribution < 1.29 is 13.9 Å². The van der Waals surface area contributed by atoms with E-state index in [0.717, 1.165) is 11.1 Å². The van der Waals surface area contributed by atoms with E-state index in [0.29, 0.717) is 42.2 Å². The van der Waals surface area contributed by atoms with E-state index in [2.05, 4.69) is 11.1 Å². The molecule has 2 heterocycles. The molecule has 4 rings (SSSR count). The average molecular weight is 424 g/mol. The SMILES string of the molecule is CC1CN(c2oc(-c3ccc(OCc4ccccc4Cl)cc3)nc2C#N)CC(C)O1. The van der Waals surface area contributed by atoms with Crippen molar-refractivity contribution in [3.63, 3.8) is 0 Å². The van der Waals surface area contributed by atoms with Crippen LogP contribution in [-0.2, 0) is 11.3 Å². The topological polar surface area (TPSA) is 71.5 Å². The first-order chi connectivity index (χ1) is 14.5. The Morgan fingerprint density at radius 3 is 2.50 bits per heavy atom. The van der Waals surface area contributed by atoms with E-state index in [-0.39, 0.29) is 17.9 Å². The maximum atomic E-state index is 9.52. The molecule has 0 aliphatic carbocycles. The lowest BCUT2D eigenvalue weighted by Crippen LogP contribution is -2.45. The number of ether oxygens (including phenoxy) is 2. The minimum atomic E-state index is 0.0587. The molecular weight excluding hydrogens is 402 g/mol. The summed E-state index contributed by atoms with van der Waals surface area (Å²) in [4.78, 5) is 6.41. The molecule has 1 aliphatic rings. The number of benzene rings is 2. The van der Waals surface area contributed by atoms with Crippen molar-refractivity contribution in [3.8, 4) is 23.3 Å². The smallest absolute Gasteiger partial charge is 0.235 e. The van der Waals surface area contributed by atoms with Gasteiger partial charge in [0.05, 0.1) is 12.2 Å². The van der Waals surface area contributed by atoms with Crippen molar-refractivity contribution in [1.29, 1.82) is 5.26 Å². The Balaban J connectivity index is 1.50. The number of halogens is 1. The van der Waals surface area contributed by atoms with Crippen LogP contribution in [0.2, 0.25) is 5.02 Å². The second-order valence-corrected chi connectivity index (χ2v) is 7.76. The van der Waals surface area contributed by atoms with Crippen molar-refractivity contribution in [3.05, 3.63) is 64.8 Å². The maximum absolute atomic E-state index is 9.52. The lowest BCUT2D eigenvalue weighted by atomic mass is 10.2. The van der Waals surface area contributed by atoms with E-state index < -0.39 is 0 Å². The number of nitriles is 1. The van der Waals surface area contributed by atoms with E-state index in [1.54, 1.807) is 0 Å². The average Bonchev–Trinajstić information content (AvgIpc) is 3.17. The molecule has 2 atom stereocenters. The van der Waals surface area contributed by atoms with E-state index >= 15 is 0 Å². The first-order valence-electron chi connectivity index (χ1n) is 9.81. The summed E-state index contributed by atoms with van der Waals surface area (Å²) in [6.45, 7) is 5.71. The highest BCUT2D eigenvalue weighted by molar-refractivity contribution is 6.31. The van der Waals surface area contributed by atoms with Gasteiger partial charge in [0.2, 0.25) is 17.5 Å². The Morgan fingerprint density at radius 1 is 1.13 bits per heavy atom. The second kappa shape index (κ2) is 8.78. The quantitative estimate of drug-likeness (QED) is 0.571. The van der Waals surface area contributed by atoms with Crippen LogP contribution in [0.5, 0.6) is 5.75 Å². The molecule has 0 N–H and O–H groups in total. The second-order valence-electron chi connectivity index (χ2n) is 7.35. The van der Waals surface area contributed by atoms with Crippen molar-refractivity contribution in [1.82, 2.24) is 4.98 Å². The van der Waals surface area contributed by atoms with Gasteiger partial charge >= 0.3 is 0 Å². The first kappa shape index (κ1) is 20.3. The molecule has 30 heavy (non-hydrogen) atoms. The molecule has 1 aromatic heterocycles. The van der Waals surface area contributed by atoms with Gasteiger partial charge in [0.15, 0.2) is 0 Å². The Kier molecular flexibility index (Phi) is 5.93. The minimum absolute atomic E-state index is 0.0587. The molecule has 2 aromatic carbocycles. The third-order valence-corrected chi connectivity index (χ3v) is 5.24. The summed E-state index contributed by atoms with van der Waals surface area (Å²) in [5.74, 6) is 1.61. The molecule has 7 heteroatoms. The van der Waals surface area contributed by atoms with E-state index in [1.807, 2.05) is 67.3 Å². The molecule has 0 amide bonds. The molecule has 3 aromatic rings. The van der Waals surface area contributed by atoms with Crippen LogP contribution >= 0.6 is 11.6 Å². The summed E-state index contributed by atoms with van der Waals surface area (Å²) in [7, 11) is 0. The summed E-state index contributed by atoms with van der Waals surface area (Å²) in [5, 5.41) is 10.2. The Hall–Kier alpha value is -3.01. The predicted molar refractivity (Wildman–Crippen MR) is 115 cm³/mol. The first-order valence-corrected chi connectivity index (χ1v) is 10.2. The Bertz CT molecular complexity index is 1050. The van der Waals surface area contributed by atoms with Gasteiger partial charge < -0.3 is 18.8 Å². The number of hydrogen-bond acceptors (Lipinski definition) is 6. The summed E-state index contributed by atoms with van der Waals surface area (Å²) < 4.78 is 17.6. The normalized spacial score (nSPS) is 18.8. The third-order valence-electron chi connectivity index (χ3n) is 4.88. The van der Waals surface area contributed by atoms with Crippen molar-refractivity contribution in [2.24, 2.45) is 0 Å². The van der Waals surface area contributed by atoms with Gasteiger partial charge in [-0.3, -0.25) is 0 Å². The van der Waals surface area contributed by atoms with Gasteiger partial charge in [-0.2, -0.15) is 10.2 Å². The highest BCUT2D eigenvalue weighted by atomic mass is 35.5. The minimum Gasteiger partial charge on any atom is -0.489 e. The van der Waals surface area contributed by atoms with Crippen LogP contribution in [0.3, 0.4) is 0 Å². The number of hydrogen-bond donors (Lipinski definition) is 0. The number of aromatic nitrogens is 1. The molecule has 2 unspecified atom stereocenters. The molecule has 1 aliphatic heterocycles. The molecule has 1 saturated heterocycles. The Labute approximate surface area is 180 Å². The van der Waals surface area contributed by atoms with Crippen LogP contribution in [0.1, 0.15) is 25.1 Å². The molecule has 0 saturated carbocycles. The lowest BCUT2D eigenvalue weighted by molar-refractivity contribution is -0.00638. The van der Waals surface area contributed by atoms with Gasteiger partial charge in [0, 0.05) is 29.2 Å². The Morgan fingerprint density at radius 2 is 1.83 bits per heavy atom. The van der Waals surface area contributed by atoms with Gasteiger partial charge in [0.25, 0.3) is 0 Å². The highest BCUT2D eigenvalue weighted by Gasteiger charge is 2.28. The van der Waals surface area contributed by atoms with E-state index in [4.69, 9.17) is 25.5 Å². The molecule has 6 nitrogen and oxygen atoms in total. The summed E-state index contributed by atoms with van der Waals surface area (Å²) in [5.41, 5.74) is 1.98. The number of oxazole rings is 1. The zero-order valence-electron chi connectivity index (χ0n) is 16.8. The molecule has 0 radical (unpaired) electrons. The monoisotopic (exact) mass is 423 g/mol. The molecule has 0 spiro atoms. The fourth-order valence-corrected chi connectivity index (χ4v) is 3.73. The highest BCUT2D eigenvalue weighted by Crippen LogP contribution is 2.31. The van der Waals surface area contributed by atoms with Crippen molar-refractivity contribution in [2.75, 3.05) is 18.0 Å². The fourth-order valence-electron chi connectivity index (χ4n) is 3.54. The summed E-state index contributed by atoms with van der Waals surface area (Å²) >= 11 is 6.17. The maximum Gasteiger partial charge on any atom is 0.235 e. The number of morpholine rings is 1. The van der Waals surface area contributed by atoms with E-state index in [1.165, 1.54) is 0 Å². The van der Waals surface area contributed by atoms with Crippen LogP contribution in [0.4, 0.5) is 5.88 Å². The van der Waals surface area contributed by atoms with Crippen LogP contribution < -0.4 is 9.64 Å². The largest absolute Gasteiger partial charge is 0.489 e. The van der Waals surface area contributed by atoms with Crippen LogP contribution in [0.15, 0.2) is 52.9 Å². The van der Waals surface area contributed by atoms with Crippen LogP contribution in [0, 0.1) is 11.3 Å². The fraction of sp³-hybridized carbons (Fsp3) is 0.304. The van der Waals surface area contributed by atoms with Gasteiger partial charge in [-0.05, 0) is 44.2 Å². The zero-order chi connectivity index (χ0) is 21.1. The lowest BCUT2D eigenvalue weighted by Gasteiger charge is -2.34. The number of nitrogens with zero attached hydrogens (tertiary/aromatic N) is 3. The van der Waals surface area contributed by atoms with Gasteiger partial charge in [-0.1, -0.05) is 29.8 Å². The van der Waals surface area contributed by atoms with Crippen molar-refractivity contribution >= 4 is 17.5 Å². The molecule has 154 valence electrons. The standard InChI is InChI=1S/C23H22ClN3O3/c1-15-12-27(13-16(2)29-15)23-21(11-25)26-22(30-23)17-7-9-19(10-8-17)28-14-18-5-3-4-6-20(18)24/h3-10,15-16H,12-14H2,1-2H3. The summed E-state index contributed by atoms with van der Waals surface area (Å²) in [6.07, 6.45) is 0.117. The molecule has 0 bridgehead atoms. The molecule has 1 fully saturated rings. The third kappa shape index (κ3) is 4.43. The predicted octanol–water partition coefficient (Wildman–Crippen LogP) is 5.06. The van der Waals surface area contributed by atoms with Crippen LogP contribution in [-0.4, -0.2) is 30.3 Å². The van der Waals surface area contributed by atoms with E-state index in [9.17, 15) is 5.26 Å².